The number of hydrogen-bond donors (Lipinski definition) is 0. The van der Waals surface area contributed by atoms with Crippen LogP contribution in [0.3, 0.4) is 0 Å². The molecule has 1 aliphatic heterocycles. The number of halogens is 3. The van der Waals surface area contributed by atoms with E-state index < -0.39 is 15.6 Å². The predicted molar refractivity (Wildman–Crippen MR) is 60.8 cm³/mol. The third kappa shape index (κ3) is 4.64. The van der Waals surface area contributed by atoms with Crippen LogP contribution in [-0.4, -0.2) is 18.5 Å². The van der Waals surface area contributed by atoms with Crippen molar-refractivity contribution in [1.82, 2.24) is 0 Å². The van der Waals surface area contributed by atoms with E-state index in [1.807, 2.05) is 0 Å². The van der Waals surface area contributed by atoms with E-state index in [-0.39, 0.29) is 0 Å². The number of rotatable bonds is 0. The van der Waals surface area contributed by atoms with Crippen molar-refractivity contribution in [2.45, 2.75) is 25.4 Å². The largest absolute Gasteiger partial charge is 0.741 e. The molecule has 0 saturated heterocycles. The first-order chi connectivity index (χ1) is 8.61. The second kappa shape index (κ2) is 5.70. The maximum absolute atomic E-state index is 10.7. The van der Waals surface area contributed by atoms with Crippen LogP contribution in [0.5, 0.6) is 0 Å². The van der Waals surface area contributed by atoms with Gasteiger partial charge in [-0.15, -0.1) is 0 Å². The number of hydrogen-bond acceptors (Lipinski definition) is 3. The highest BCUT2D eigenvalue weighted by Gasteiger charge is 2.36. The number of aromatic nitrogens is 1. The first-order valence-corrected chi connectivity index (χ1v) is 6.71. The Bertz CT molecular complexity index is 579. The minimum Gasteiger partial charge on any atom is -0.741 e. The van der Waals surface area contributed by atoms with Crippen LogP contribution in [0, 0.1) is 6.92 Å². The van der Waals surface area contributed by atoms with E-state index in [0.717, 1.165) is 6.54 Å². The summed E-state index contributed by atoms with van der Waals surface area (Å²) in [5, 5.41) is 0. The first-order valence-electron chi connectivity index (χ1n) is 5.30. The molecule has 2 heterocycles. The van der Waals surface area contributed by atoms with Gasteiger partial charge in [-0.3, -0.25) is 0 Å². The zero-order chi connectivity index (χ0) is 14.7. The standard InChI is InChI=1S/C10H12N.CHF3O3S/c1-9-5-6-10-4-2-3-7-11(10)8-9;2-1(3,4)8(5,6)7/h2,4-6,8H,3,7H2,1H3;(H,5,6,7)/q+1;/p-1. The van der Waals surface area contributed by atoms with E-state index in [1.165, 1.54) is 17.7 Å². The smallest absolute Gasteiger partial charge is 0.485 e. The highest BCUT2D eigenvalue weighted by Crippen LogP contribution is 2.20. The average Bonchev–Trinajstić information content (AvgIpc) is 2.27. The predicted octanol–water partition coefficient (Wildman–Crippen LogP) is 1.75. The summed E-state index contributed by atoms with van der Waals surface area (Å²) in [6, 6.07) is 4.33. The van der Waals surface area contributed by atoms with Gasteiger partial charge in [-0.05, 0) is 13.0 Å². The molecule has 2 rings (SSSR count). The molecule has 106 valence electrons. The summed E-state index contributed by atoms with van der Waals surface area (Å²) < 4.78 is 61.2. The van der Waals surface area contributed by atoms with Gasteiger partial charge >= 0.3 is 5.51 Å². The zero-order valence-corrected chi connectivity index (χ0v) is 10.8. The molecule has 0 aliphatic carbocycles. The maximum Gasteiger partial charge on any atom is 0.485 e. The van der Waals surface area contributed by atoms with E-state index in [1.54, 1.807) is 0 Å². The molecule has 0 radical (unpaired) electrons. The lowest BCUT2D eigenvalue weighted by atomic mass is 10.2. The van der Waals surface area contributed by atoms with Gasteiger partial charge in [0.25, 0.3) is 0 Å². The fourth-order valence-corrected chi connectivity index (χ4v) is 1.44. The van der Waals surface area contributed by atoms with Gasteiger partial charge in [-0.2, -0.15) is 17.7 Å². The number of allylic oxidation sites excluding steroid dienone is 1. The molecule has 1 aliphatic rings. The van der Waals surface area contributed by atoms with Crippen LogP contribution in [-0.2, 0) is 16.7 Å². The monoisotopic (exact) mass is 295 g/mol. The highest BCUT2D eigenvalue weighted by atomic mass is 32.2. The first kappa shape index (κ1) is 15.6. The van der Waals surface area contributed by atoms with E-state index in [0.29, 0.717) is 0 Å². The van der Waals surface area contributed by atoms with Gasteiger partial charge < -0.3 is 4.55 Å². The van der Waals surface area contributed by atoms with Crippen molar-refractivity contribution in [3.63, 3.8) is 0 Å². The molecule has 0 fully saturated rings. The van der Waals surface area contributed by atoms with Crippen LogP contribution in [0.1, 0.15) is 17.7 Å². The van der Waals surface area contributed by atoms with E-state index >= 15 is 0 Å². The van der Waals surface area contributed by atoms with E-state index in [4.69, 9.17) is 13.0 Å². The lowest BCUT2D eigenvalue weighted by Crippen LogP contribution is -2.38. The SMILES string of the molecule is Cc1ccc2[n+](c1)CCC=C2.O=S(=O)([O-])C(F)(F)F. The lowest BCUT2D eigenvalue weighted by Gasteiger charge is -2.08. The maximum atomic E-state index is 10.7. The van der Waals surface area contributed by atoms with Crippen LogP contribution in [0.4, 0.5) is 13.2 Å². The molecular formula is C11H12F3NO3S. The van der Waals surface area contributed by atoms with Gasteiger partial charge in [0.15, 0.2) is 22.9 Å². The second-order valence-corrected chi connectivity index (χ2v) is 5.29. The van der Waals surface area contributed by atoms with Gasteiger partial charge in [0.05, 0.1) is 0 Å². The van der Waals surface area contributed by atoms with Crippen molar-refractivity contribution in [3.8, 4) is 0 Å². The third-order valence-corrected chi connectivity index (χ3v) is 2.88. The van der Waals surface area contributed by atoms with Crippen molar-refractivity contribution in [3.05, 3.63) is 35.7 Å². The Balaban J connectivity index is 0.000000203. The van der Waals surface area contributed by atoms with Crippen molar-refractivity contribution in [1.29, 1.82) is 0 Å². The summed E-state index contributed by atoms with van der Waals surface area (Å²) >= 11 is 0. The van der Waals surface area contributed by atoms with Gasteiger partial charge in [0.1, 0.15) is 0 Å². The Labute approximate surface area is 108 Å². The van der Waals surface area contributed by atoms with Crippen molar-refractivity contribution in [2.75, 3.05) is 0 Å². The third-order valence-electron chi connectivity index (χ3n) is 2.32. The molecule has 0 aromatic carbocycles. The molecule has 19 heavy (non-hydrogen) atoms. The molecule has 4 nitrogen and oxygen atoms in total. The molecule has 1 aromatic rings. The average molecular weight is 295 g/mol. The van der Waals surface area contributed by atoms with Gasteiger partial charge in [-0.25, -0.2) is 8.42 Å². The summed E-state index contributed by atoms with van der Waals surface area (Å²) in [7, 11) is -6.09. The molecule has 0 bridgehead atoms. The fraction of sp³-hybridized carbons (Fsp3) is 0.364. The van der Waals surface area contributed by atoms with Crippen molar-refractivity contribution in [2.24, 2.45) is 0 Å². The van der Waals surface area contributed by atoms with Crippen LogP contribution in [0.15, 0.2) is 24.4 Å². The highest BCUT2D eigenvalue weighted by molar-refractivity contribution is 7.86. The molecule has 0 spiro atoms. The normalized spacial score (nSPS) is 14.4. The summed E-state index contributed by atoms with van der Waals surface area (Å²) in [4.78, 5) is 0. The zero-order valence-electron chi connectivity index (χ0n) is 10.0. The number of pyridine rings is 1. The Morgan fingerprint density at radius 3 is 2.42 bits per heavy atom. The van der Waals surface area contributed by atoms with Crippen LogP contribution >= 0.6 is 0 Å². The van der Waals surface area contributed by atoms with Gasteiger partial charge in [0, 0.05) is 24.1 Å². The second-order valence-electron chi connectivity index (χ2n) is 3.92. The van der Waals surface area contributed by atoms with E-state index in [2.05, 4.69) is 42.0 Å². The molecule has 8 heteroatoms. The number of aryl methyl sites for hydroxylation is 2. The Hall–Kier alpha value is -1.41. The number of nitrogens with zero attached hydrogens (tertiary/aromatic N) is 1. The number of alkyl halides is 3. The Morgan fingerprint density at radius 1 is 1.32 bits per heavy atom. The summed E-state index contributed by atoms with van der Waals surface area (Å²) in [5.41, 5.74) is -2.99. The van der Waals surface area contributed by atoms with E-state index in [9.17, 15) is 13.2 Å². The summed E-state index contributed by atoms with van der Waals surface area (Å²) in [6.07, 6.45) is 7.79. The van der Waals surface area contributed by atoms with Crippen LogP contribution < -0.4 is 4.57 Å². The molecular weight excluding hydrogens is 283 g/mol. The van der Waals surface area contributed by atoms with Crippen molar-refractivity contribution < 1.29 is 30.7 Å². The molecule has 0 unspecified atom stereocenters. The van der Waals surface area contributed by atoms with Gasteiger partial charge in [0.2, 0.25) is 5.69 Å². The minimum atomic E-state index is -6.09. The molecule has 0 amide bonds. The number of fused-ring (bicyclic) bond motifs is 1. The molecule has 0 N–H and O–H groups in total. The quantitative estimate of drug-likeness (QED) is 0.416. The summed E-state index contributed by atoms with van der Waals surface area (Å²) in [5.74, 6) is 0. The molecule has 1 aromatic heterocycles. The molecule has 0 saturated carbocycles. The Morgan fingerprint density at radius 2 is 1.89 bits per heavy atom. The van der Waals surface area contributed by atoms with Crippen LogP contribution in [0.25, 0.3) is 6.08 Å². The lowest BCUT2D eigenvalue weighted by molar-refractivity contribution is -0.699. The Kier molecular flexibility index (Phi) is 4.70. The van der Waals surface area contributed by atoms with Crippen LogP contribution in [0.2, 0.25) is 0 Å². The minimum absolute atomic E-state index is 1.13. The topological polar surface area (TPSA) is 61.1 Å². The molecule has 0 atom stereocenters. The fourth-order valence-electron chi connectivity index (χ4n) is 1.44. The summed E-state index contributed by atoms with van der Waals surface area (Å²) in [6.45, 7) is 3.26. The van der Waals surface area contributed by atoms with Gasteiger partial charge in [-0.1, -0.05) is 6.08 Å². The van der Waals surface area contributed by atoms with Crippen molar-refractivity contribution >= 4 is 16.2 Å².